The van der Waals surface area contributed by atoms with E-state index in [0.717, 1.165) is 0 Å². The van der Waals surface area contributed by atoms with E-state index in [1.165, 1.54) is 120 Å². The highest BCUT2D eigenvalue weighted by molar-refractivity contribution is 6.17. The molecule has 2 heteroatoms. The number of rotatable bonds is 3. The first-order chi connectivity index (χ1) is 27.6. The fourth-order valence-corrected chi connectivity index (χ4v) is 9.81. The quantitative estimate of drug-likeness (QED) is 0.173. The summed E-state index contributed by atoms with van der Waals surface area (Å²) >= 11 is 0. The van der Waals surface area contributed by atoms with Gasteiger partial charge in [-0.25, -0.2) is 0 Å². The predicted molar refractivity (Wildman–Crippen MR) is 240 cm³/mol. The number of fused-ring (bicyclic) bond motifs is 10. The highest BCUT2D eigenvalue weighted by Gasteiger charge is 2.24. The summed E-state index contributed by atoms with van der Waals surface area (Å²) in [5.74, 6) is 0. The monoisotopic (exact) mass is 712 g/mol. The van der Waals surface area contributed by atoms with Crippen molar-refractivity contribution >= 4 is 86.7 Å². The Morgan fingerprint density at radius 1 is 0.268 bits per heavy atom. The van der Waals surface area contributed by atoms with Crippen LogP contribution in [0.3, 0.4) is 0 Å². The van der Waals surface area contributed by atoms with E-state index < -0.39 is 0 Å². The molecule has 0 unspecified atom stereocenters. The van der Waals surface area contributed by atoms with E-state index in [0.29, 0.717) is 0 Å². The Balaban J connectivity index is 1.23. The van der Waals surface area contributed by atoms with Gasteiger partial charge in [0.1, 0.15) is 0 Å². The summed E-state index contributed by atoms with van der Waals surface area (Å²) in [6.07, 6.45) is 0. The normalized spacial score (nSPS) is 12.1. The molecule has 56 heavy (non-hydrogen) atoms. The smallest absolute Gasteiger partial charge is 0.0547 e. The van der Waals surface area contributed by atoms with Crippen molar-refractivity contribution < 1.29 is 0 Å². The van der Waals surface area contributed by atoms with E-state index in [1.54, 1.807) is 0 Å². The van der Waals surface area contributed by atoms with Crippen molar-refractivity contribution in [2.24, 2.45) is 0 Å². The van der Waals surface area contributed by atoms with Gasteiger partial charge in [-0.1, -0.05) is 133 Å². The number of hydrogen-bond acceptors (Lipinski definition) is 0. The Morgan fingerprint density at radius 3 is 1.00 bits per heavy atom. The van der Waals surface area contributed by atoms with Gasteiger partial charge in [0, 0.05) is 21.5 Å². The topological polar surface area (TPSA) is 9.86 Å². The Morgan fingerprint density at radius 2 is 0.589 bits per heavy atom. The minimum absolute atomic E-state index is 1.21. The van der Waals surface area contributed by atoms with Crippen molar-refractivity contribution in [1.29, 1.82) is 0 Å². The van der Waals surface area contributed by atoms with Crippen LogP contribution in [-0.4, -0.2) is 9.13 Å². The second-order valence-electron chi connectivity index (χ2n) is 15.4. The van der Waals surface area contributed by atoms with E-state index in [-0.39, 0.29) is 0 Å². The van der Waals surface area contributed by atoms with E-state index >= 15 is 0 Å². The molecule has 0 radical (unpaired) electrons. The fourth-order valence-electron chi connectivity index (χ4n) is 9.81. The van der Waals surface area contributed by atoms with Crippen LogP contribution in [0.4, 0.5) is 0 Å². The maximum absolute atomic E-state index is 2.52. The molecule has 262 valence electrons. The molecule has 0 spiro atoms. The minimum atomic E-state index is 1.21. The van der Waals surface area contributed by atoms with Crippen molar-refractivity contribution in [1.82, 2.24) is 9.13 Å². The molecule has 2 aromatic heterocycles. The highest BCUT2D eigenvalue weighted by Crippen LogP contribution is 2.46. The van der Waals surface area contributed by atoms with Crippen LogP contribution in [0.5, 0.6) is 0 Å². The minimum Gasteiger partial charge on any atom is -0.309 e. The SMILES string of the molecule is Cc1c(-n2c3ccccc3c3cc4ccccc4cc32)cc2ccccc2c1-c1c(C)c(-n2c3ccccc3c3cc4ccccc4cc32)cc2ccccc12. The zero-order valence-electron chi connectivity index (χ0n) is 31.2. The fraction of sp³-hybridized carbons (Fsp3) is 0.0370. The summed E-state index contributed by atoms with van der Waals surface area (Å²) in [5, 5.41) is 15.1. The van der Waals surface area contributed by atoms with Crippen molar-refractivity contribution in [2.45, 2.75) is 13.8 Å². The van der Waals surface area contributed by atoms with Crippen LogP contribution in [0.1, 0.15) is 11.1 Å². The lowest BCUT2D eigenvalue weighted by Gasteiger charge is -2.23. The molecule has 0 aliphatic heterocycles. The van der Waals surface area contributed by atoms with E-state index in [9.17, 15) is 0 Å². The van der Waals surface area contributed by atoms with Crippen molar-refractivity contribution in [3.63, 3.8) is 0 Å². The predicted octanol–water partition coefficient (Wildman–Crippen LogP) is 14.8. The number of nitrogens with zero attached hydrogens (tertiary/aromatic N) is 2. The number of hydrogen-bond donors (Lipinski definition) is 0. The average molecular weight is 713 g/mol. The van der Waals surface area contributed by atoms with Crippen LogP contribution in [0.25, 0.3) is 109 Å². The van der Waals surface area contributed by atoms with Gasteiger partial charge in [-0.15, -0.1) is 0 Å². The van der Waals surface area contributed by atoms with Crippen LogP contribution in [0.15, 0.2) is 182 Å². The Kier molecular flexibility index (Phi) is 6.50. The van der Waals surface area contributed by atoms with Crippen molar-refractivity contribution in [3.05, 3.63) is 193 Å². The van der Waals surface area contributed by atoms with Crippen LogP contribution in [0.2, 0.25) is 0 Å². The van der Waals surface area contributed by atoms with Crippen LogP contribution in [0, 0.1) is 13.8 Å². The maximum atomic E-state index is 2.52. The number of aromatic nitrogens is 2. The van der Waals surface area contributed by atoms with E-state index in [2.05, 4.69) is 205 Å². The number of para-hydroxylation sites is 2. The second kappa shape index (κ2) is 11.7. The van der Waals surface area contributed by atoms with Gasteiger partial charge in [-0.05, 0) is 128 Å². The summed E-state index contributed by atoms with van der Waals surface area (Å²) in [4.78, 5) is 0. The van der Waals surface area contributed by atoms with Crippen molar-refractivity contribution in [2.75, 3.05) is 0 Å². The highest BCUT2D eigenvalue weighted by atomic mass is 15.0. The molecule has 0 bridgehead atoms. The molecule has 0 aliphatic rings. The lowest BCUT2D eigenvalue weighted by Crippen LogP contribution is -2.03. The first-order valence-corrected chi connectivity index (χ1v) is 19.5. The number of benzene rings is 10. The van der Waals surface area contributed by atoms with Gasteiger partial charge in [0.25, 0.3) is 0 Å². The third kappa shape index (κ3) is 4.33. The van der Waals surface area contributed by atoms with Crippen molar-refractivity contribution in [3.8, 4) is 22.5 Å². The molecule has 0 N–H and O–H groups in total. The molecule has 0 atom stereocenters. The molecular formula is C54H36N2. The molecule has 10 aromatic carbocycles. The summed E-state index contributed by atoms with van der Waals surface area (Å²) in [7, 11) is 0. The standard InChI is InChI=1S/C54H36N2/c1-33-49(55-47-25-13-11-23-43(47)45-27-35-15-3-5-17-37(35)29-51(45)55)31-39-19-7-9-21-41(39)53(33)54-34(2)50(32-40-20-8-10-22-42(40)54)56-48-26-14-12-24-44(48)46-28-36-16-4-6-18-38(36)30-52(46)56/h3-32H,1-2H3. The maximum Gasteiger partial charge on any atom is 0.0547 e. The zero-order valence-corrected chi connectivity index (χ0v) is 31.2. The molecule has 0 fully saturated rings. The summed E-state index contributed by atoms with van der Waals surface area (Å²) in [6.45, 7) is 4.68. The summed E-state index contributed by atoms with van der Waals surface area (Å²) in [6, 6.07) is 67.5. The molecular weight excluding hydrogens is 677 g/mol. The van der Waals surface area contributed by atoms with Crippen LogP contribution < -0.4 is 0 Å². The van der Waals surface area contributed by atoms with Gasteiger partial charge in [0.2, 0.25) is 0 Å². The van der Waals surface area contributed by atoms with Gasteiger partial charge in [0.15, 0.2) is 0 Å². The largest absolute Gasteiger partial charge is 0.309 e. The molecule has 2 heterocycles. The van der Waals surface area contributed by atoms with Gasteiger partial charge in [-0.2, -0.15) is 0 Å². The van der Waals surface area contributed by atoms with Gasteiger partial charge >= 0.3 is 0 Å². The zero-order chi connectivity index (χ0) is 37.1. The third-order valence-corrected chi connectivity index (χ3v) is 12.4. The molecule has 0 aliphatic carbocycles. The van der Waals surface area contributed by atoms with Gasteiger partial charge in [0.05, 0.1) is 33.4 Å². The Hall–Kier alpha value is -7.16. The van der Waals surface area contributed by atoms with Crippen LogP contribution >= 0.6 is 0 Å². The first-order valence-electron chi connectivity index (χ1n) is 19.5. The lowest BCUT2D eigenvalue weighted by molar-refractivity contribution is 1.15. The molecule has 12 rings (SSSR count). The molecule has 0 saturated heterocycles. The molecule has 12 aromatic rings. The van der Waals surface area contributed by atoms with Crippen LogP contribution in [-0.2, 0) is 0 Å². The molecule has 2 nitrogen and oxygen atoms in total. The average Bonchev–Trinajstić information content (AvgIpc) is 3.73. The third-order valence-electron chi connectivity index (χ3n) is 12.4. The van der Waals surface area contributed by atoms with E-state index in [1.807, 2.05) is 0 Å². The molecule has 0 saturated carbocycles. The Bertz CT molecular complexity index is 3370. The van der Waals surface area contributed by atoms with E-state index in [4.69, 9.17) is 0 Å². The summed E-state index contributed by atoms with van der Waals surface area (Å²) < 4.78 is 5.03. The Labute approximate surface area is 324 Å². The summed E-state index contributed by atoms with van der Waals surface area (Å²) in [5.41, 5.74) is 12.4. The lowest BCUT2D eigenvalue weighted by atomic mass is 9.86. The first kappa shape index (κ1) is 31.2. The molecule has 0 amide bonds. The van der Waals surface area contributed by atoms with Gasteiger partial charge < -0.3 is 9.13 Å². The second-order valence-corrected chi connectivity index (χ2v) is 15.4. The van der Waals surface area contributed by atoms with Gasteiger partial charge in [-0.3, -0.25) is 0 Å².